The Morgan fingerprint density at radius 2 is 2.27 bits per heavy atom. The van der Waals surface area contributed by atoms with Gasteiger partial charge in [-0.2, -0.15) is 0 Å². The Bertz CT molecular complexity index is 401. The number of aryl methyl sites for hydroxylation is 1. The van der Waals surface area contributed by atoms with Crippen molar-refractivity contribution < 1.29 is 5.11 Å². The molecule has 1 fully saturated rings. The van der Waals surface area contributed by atoms with Crippen molar-refractivity contribution >= 4 is 0 Å². The van der Waals surface area contributed by atoms with Crippen molar-refractivity contribution in [2.24, 2.45) is 5.92 Å². The number of aliphatic hydroxyl groups excluding tert-OH is 1. The van der Waals surface area contributed by atoms with Gasteiger partial charge >= 0.3 is 0 Å². The molecule has 2 nitrogen and oxygen atoms in total. The van der Waals surface area contributed by atoms with E-state index in [0.29, 0.717) is 11.6 Å². The zero-order valence-corrected chi connectivity index (χ0v) is 8.90. The van der Waals surface area contributed by atoms with Crippen molar-refractivity contribution in [1.29, 1.82) is 0 Å². The molecule has 1 saturated carbocycles. The summed E-state index contributed by atoms with van der Waals surface area (Å²) in [6, 6.07) is 3.78. The number of aliphatic hydroxyl groups is 1. The first-order valence-electron chi connectivity index (χ1n) is 5.34. The van der Waals surface area contributed by atoms with Crippen LogP contribution in [-0.4, -0.2) is 10.1 Å². The highest BCUT2D eigenvalue weighted by Gasteiger charge is 2.27. The van der Waals surface area contributed by atoms with E-state index in [1.54, 1.807) is 0 Å². The molecule has 2 rings (SSSR count). The van der Waals surface area contributed by atoms with Crippen molar-refractivity contribution in [2.75, 3.05) is 0 Å². The molecule has 0 aliphatic heterocycles. The van der Waals surface area contributed by atoms with E-state index < -0.39 is 6.10 Å². The van der Waals surface area contributed by atoms with Gasteiger partial charge in [-0.3, -0.25) is 0 Å². The fourth-order valence-corrected chi connectivity index (χ4v) is 1.92. The minimum atomic E-state index is -0.439. The molecule has 0 amide bonds. The molecule has 15 heavy (non-hydrogen) atoms. The predicted octanol–water partition coefficient (Wildman–Crippen LogP) is 2.20. The first-order valence-corrected chi connectivity index (χ1v) is 5.34. The summed E-state index contributed by atoms with van der Waals surface area (Å²) in [7, 11) is 0. The van der Waals surface area contributed by atoms with Crippen LogP contribution >= 0.6 is 0 Å². The molecule has 1 unspecified atom stereocenters. The van der Waals surface area contributed by atoms with Gasteiger partial charge in [0.2, 0.25) is 0 Å². The van der Waals surface area contributed by atoms with Crippen LogP contribution in [0.2, 0.25) is 0 Å². The number of rotatable bonds is 2. The Balaban J connectivity index is 2.27. The summed E-state index contributed by atoms with van der Waals surface area (Å²) in [6.07, 6.45) is 8.29. The van der Waals surface area contributed by atoms with Crippen LogP contribution < -0.4 is 0 Å². The van der Waals surface area contributed by atoms with Crippen molar-refractivity contribution in [1.82, 2.24) is 4.98 Å². The number of hydrogen-bond acceptors (Lipinski definition) is 2. The van der Waals surface area contributed by atoms with Gasteiger partial charge in [-0.25, -0.2) is 4.98 Å². The fraction of sp³-hybridized carbons (Fsp3) is 0.462. The van der Waals surface area contributed by atoms with E-state index in [0.717, 1.165) is 24.1 Å². The van der Waals surface area contributed by atoms with E-state index in [1.165, 1.54) is 6.42 Å². The quantitative estimate of drug-likeness (QED) is 0.744. The monoisotopic (exact) mass is 201 g/mol. The lowest BCUT2D eigenvalue weighted by Crippen LogP contribution is -2.21. The first kappa shape index (κ1) is 10.2. The number of hydrogen-bond donors (Lipinski definition) is 1. The summed E-state index contributed by atoms with van der Waals surface area (Å²) in [6.45, 7) is 1.97. The number of pyridine rings is 1. The summed E-state index contributed by atoms with van der Waals surface area (Å²) in [5.41, 5.74) is 2.40. The molecule has 1 aliphatic carbocycles. The van der Waals surface area contributed by atoms with Gasteiger partial charge in [0, 0.05) is 0 Å². The van der Waals surface area contributed by atoms with Crippen molar-refractivity contribution in [2.45, 2.75) is 32.3 Å². The zero-order chi connectivity index (χ0) is 10.8. The summed E-state index contributed by atoms with van der Waals surface area (Å²) < 4.78 is 0. The molecule has 1 atom stereocenters. The van der Waals surface area contributed by atoms with Crippen LogP contribution in [0.1, 0.15) is 42.3 Å². The highest BCUT2D eigenvalue weighted by Crippen LogP contribution is 2.37. The molecular formula is C13H15NO. The smallest absolute Gasteiger partial charge is 0.113 e. The molecule has 0 aromatic carbocycles. The Morgan fingerprint density at radius 1 is 1.53 bits per heavy atom. The maximum atomic E-state index is 10.1. The third kappa shape index (κ3) is 2.03. The molecule has 0 spiro atoms. The van der Waals surface area contributed by atoms with Crippen LogP contribution in [0.5, 0.6) is 0 Å². The maximum Gasteiger partial charge on any atom is 0.113 e. The third-order valence-electron chi connectivity index (χ3n) is 3.04. The van der Waals surface area contributed by atoms with Gasteiger partial charge in [0.05, 0.1) is 11.8 Å². The molecular weight excluding hydrogens is 186 g/mol. The van der Waals surface area contributed by atoms with Gasteiger partial charge in [-0.15, -0.1) is 6.42 Å². The van der Waals surface area contributed by atoms with Crippen LogP contribution in [0.25, 0.3) is 0 Å². The van der Waals surface area contributed by atoms with E-state index in [9.17, 15) is 5.11 Å². The number of aromatic nitrogens is 1. The molecule has 0 saturated heterocycles. The van der Waals surface area contributed by atoms with Crippen molar-refractivity contribution in [3.8, 4) is 12.3 Å². The zero-order valence-electron chi connectivity index (χ0n) is 8.90. The molecule has 0 radical (unpaired) electrons. The average molecular weight is 201 g/mol. The summed E-state index contributed by atoms with van der Waals surface area (Å²) in [4.78, 5) is 4.27. The van der Waals surface area contributed by atoms with Gasteiger partial charge in [0.1, 0.15) is 5.69 Å². The third-order valence-corrected chi connectivity index (χ3v) is 3.04. The van der Waals surface area contributed by atoms with Crippen LogP contribution in [0.4, 0.5) is 0 Å². The van der Waals surface area contributed by atoms with Gasteiger partial charge in [-0.1, -0.05) is 12.3 Å². The van der Waals surface area contributed by atoms with Gasteiger partial charge in [0.15, 0.2) is 0 Å². The van der Waals surface area contributed by atoms with E-state index >= 15 is 0 Å². The second-order valence-electron chi connectivity index (χ2n) is 4.23. The Morgan fingerprint density at radius 3 is 2.80 bits per heavy atom. The minimum absolute atomic E-state index is 0.380. The summed E-state index contributed by atoms with van der Waals surface area (Å²) in [5.74, 6) is 2.90. The Hall–Kier alpha value is -1.33. The highest BCUT2D eigenvalue weighted by molar-refractivity contribution is 5.31. The molecule has 1 heterocycles. The Labute approximate surface area is 90.4 Å². The number of nitrogens with zero attached hydrogens (tertiary/aromatic N) is 1. The topological polar surface area (TPSA) is 33.1 Å². The Kier molecular flexibility index (Phi) is 2.75. The second kappa shape index (κ2) is 4.04. The van der Waals surface area contributed by atoms with E-state index in [4.69, 9.17) is 6.42 Å². The molecule has 0 bridgehead atoms. The standard InChI is InChI=1S/C13H15NO/c1-3-11-7-9(2)8-12(14-11)13(15)10-5-4-6-10/h1,7-8,10,13,15H,4-6H2,2H3. The van der Waals surface area contributed by atoms with Crippen molar-refractivity contribution in [3.05, 3.63) is 29.1 Å². The normalized spacial score (nSPS) is 17.9. The van der Waals surface area contributed by atoms with Gasteiger partial charge in [-0.05, 0) is 43.4 Å². The summed E-state index contributed by atoms with van der Waals surface area (Å²) >= 11 is 0. The molecule has 1 aromatic rings. The van der Waals surface area contributed by atoms with Gasteiger partial charge < -0.3 is 5.11 Å². The van der Waals surface area contributed by atoms with E-state index in [1.807, 2.05) is 19.1 Å². The summed E-state index contributed by atoms with van der Waals surface area (Å²) in [5, 5.41) is 10.1. The van der Waals surface area contributed by atoms with Crippen LogP contribution in [0.3, 0.4) is 0 Å². The van der Waals surface area contributed by atoms with Crippen molar-refractivity contribution in [3.63, 3.8) is 0 Å². The lowest BCUT2D eigenvalue weighted by molar-refractivity contribution is 0.0586. The lowest BCUT2D eigenvalue weighted by atomic mass is 9.80. The van der Waals surface area contributed by atoms with Gasteiger partial charge in [0.25, 0.3) is 0 Å². The molecule has 1 aromatic heterocycles. The van der Waals surface area contributed by atoms with E-state index in [-0.39, 0.29) is 0 Å². The van der Waals surface area contributed by atoms with E-state index in [2.05, 4.69) is 10.9 Å². The maximum absolute atomic E-state index is 10.1. The van der Waals surface area contributed by atoms with Crippen LogP contribution in [0, 0.1) is 25.2 Å². The minimum Gasteiger partial charge on any atom is -0.387 e. The predicted molar refractivity (Wildman–Crippen MR) is 59.2 cm³/mol. The molecule has 78 valence electrons. The average Bonchev–Trinajstić information content (AvgIpc) is 2.14. The molecule has 1 aliphatic rings. The first-order chi connectivity index (χ1) is 7.20. The SMILES string of the molecule is C#Cc1cc(C)cc(C(O)C2CCC2)n1. The lowest BCUT2D eigenvalue weighted by Gasteiger charge is -2.30. The molecule has 1 N–H and O–H groups in total. The van der Waals surface area contributed by atoms with Crippen LogP contribution in [0.15, 0.2) is 12.1 Å². The second-order valence-corrected chi connectivity index (χ2v) is 4.23. The number of terminal acetylenes is 1. The van der Waals surface area contributed by atoms with Crippen LogP contribution in [-0.2, 0) is 0 Å². The molecule has 2 heteroatoms. The highest BCUT2D eigenvalue weighted by atomic mass is 16.3. The largest absolute Gasteiger partial charge is 0.387 e. The fourth-order valence-electron chi connectivity index (χ4n) is 1.92.